The second kappa shape index (κ2) is 6.32. The van der Waals surface area contributed by atoms with Crippen molar-refractivity contribution in [3.8, 4) is 17.2 Å². The van der Waals surface area contributed by atoms with E-state index in [-0.39, 0.29) is 6.61 Å². The molecule has 1 aromatic heterocycles. The van der Waals surface area contributed by atoms with Crippen LogP contribution in [0.1, 0.15) is 17.0 Å². The van der Waals surface area contributed by atoms with Crippen LogP contribution in [-0.4, -0.2) is 10.2 Å². The van der Waals surface area contributed by atoms with Gasteiger partial charge in [0, 0.05) is 10.0 Å². The first-order valence-electron chi connectivity index (χ1n) is 6.90. The van der Waals surface area contributed by atoms with Crippen molar-refractivity contribution in [2.24, 2.45) is 0 Å². The Balaban J connectivity index is 1.69. The molecule has 3 rings (SSSR count). The summed E-state index contributed by atoms with van der Waals surface area (Å²) in [4.78, 5) is 0. The van der Waals surface area contributed by atoms with Crippen LogP contribution in [0.4, 0.5) is 0 Å². The summed E-state index contributed by atoms with van der Waals surface area (Å²) in [6.45, 7) is 4.38. The number of rotatable bonds is 4. The predicted molar refractivity (Wildman–Crippen MR) is 87.7 cm³/mol. The molecule has 5 heteroatoms. The van der Waals surface area contributed by atoms with Gasteiger partial charge in [0.15, 0.2) is 6.61 Å². The molecule has 112 valence electrons. The molecule has 0 saturated heterocycles. The van der Waals surface area contributed by atoms with Crippen LogP contribution >= 0.6 is 15.9 Å². The molecule has 22 heavy (non-hydrogen) atoms. The van der Waals surface area contributed by atoms with Gasteiger partial charge in [0.05, 0.1) is 0 Å². The predicted octanol–water partition coefficient (Wildman–Crippen LogP) is 4.69. The molecule has 2 aromatic carbocycles. The number of ether oxygens (including phenoxy) is 1. The topological polar surface area (TPSA) is 48.2 Å². The summed E-state index contributed by atoms with van der Waals surface area (Å²) in [6, 6.07) is 13.7. The highest BCUT2D eigenvalue weighted by Crippen LogP contribution is 2.22. The Morgan fingerprint density at radius 2 is 1.77 bits per heavy atom. The minimum atomic E-state index is 0.256. The van der Waals surface area contributed by atoms with Crippen molar-refractivity contribution in [3.63, 3.8) is 0 Å². The zero-order valence-electron chi connectivity index (χ0n) is 12.3. The smallest absolute Gasteiger partial charge is 0.254 e. The second-order valence-electron chi connectivity index (χ2n) is 5.04. The van der Waals surface area contributed by atoms with E-state index < -0.39 is 0 Å². The number of benzene rings is 2. The Labute approximate surface area is 137 Å². The van der Waals surface area contributed by atoms with Crippen LogP contribution in [0.25, 0.3) is 11.5 Å². The van der Waals surface area contributed by atoms with Crippen LogP contribution in [0.2, 0.25) is 0 Å². The summed E-state index contributed by atoms with van der Waals surface area (Å²) in [6.07, 6.45) is 0. The van der Waals surface area contributed by atoms with E-state index >= 15 is 0 Å². The summed E-state index contributed by atoms with van der Waals surface area (Å²) in [7, 11) is 0. The maximum Gasteiger partial charge on any atom is 0.254 e. The molecule has 0 spiro atoms. The standard InChI is InChI=1S/C17H15BrN2O2/c1-11-3-8-15(9-12(11)2)21-10-16-19-20-17(22-16)13-4-6-14(18)7-5-13/h3-9H,10H2,1-2H3. The molecule has 0 aliphatic carbocycles. The van der Waals surface area contributed by atoms with E-state index in [9.17, 15) is 0 Å². The fraction of sp³-hybridized carbons (Fsp3) is 0.176. The number of hydrogen-bond acceptors (Lipinski definition) is 4. The maximum atomic E-state index is 5.69. The van der Waals surface area contributed by atoms with Crippen molar-refractivity contribution in [1.82, 2.24) is 10.2 Å². The van der Waals surface area contributed by atoms with E-state index in [0.29, 0.717) is 11.8 Å². The molecule has 0 N–H and O–H groups in total. The number of aryl methyl sites for hydroxylation is 2. The summed E-state index contributed by atoms with van der Waals surface area (Å²) in [5, 5.41) is 8.06. The molecular formula is C17H15BrN2O2. The molecule has 0 amide bonds. The van der Waals surface area contributed by atoms with E-state index in [4.69, 9.17) is 9.15 Å². The zero-order valence-corrected chi connectivity index (χ0v) is 13.9. The van der Waals surface area contributed by atoms with Gasteiger partial charge < -0.3 is 9.15 Å². The highest BCUT2D eigenvalue weighted by molar-refractivity contribution is 9.10. The molecule has 4 nitrogen and oxygen atoms in total. The zero-order chi connectivity index (χ0) is 15.5. The van der Waals surface area contributed by atoms with Crippen LogP contribution in [0, 0.1) is 13.8 Å². The first kappa shape index (κ1) is 14.8. The van der Waals surface area contributed by atoms with Gasteiger partial charge in [0.2, 0.25) is 5.89 Å². The fourth-order valence-electron chi connectivity index (χ4n) is 1.97. The molecule has 0 aliphatic heterocycles. The Morgan fingerprint density at radius 3 is 2.50 bits per heavy atom. The van der Waals surface area contributed by atoms with E-state index in [2.05, 4.69) is 40.0 Å². The maximum absolute atomic E-state index is 5.69. The molecule has 0 saturated carbocycles. The average Bonchev–Trinajstić information content (AvgIpc) is 2.98. The van der Waals surface area contributed by atoms with Crippen LogP contribution in [-0.2, 0) is 6.61 Å². The first-order valence-corrected chi connectivity index (χ1v) is 7.69. The molecule has 3 aromatic rings. The van der Waals surface area contributed by atoms with Gasteiger partial charge >= 0.3 is 0 Å². The SMILES string of the molecule is Cc1ccc(OCc2nnc(-c3ccc(Br)cc3)o2)cc1C. The van der Waals surface area contributed by atoms with Gasteiger partial charge in [-0.2, -0.15) is 0 Å². The van der Waals surface area contributed by atoms with Crippen molar-refractivity contribution in [3.05, 3.63) is 64.0 Å². The lowest BCUT2D eigenvalue weighted by molar-refractivity contribution is 0.264. The molecule has 0 atom stereocenters. The molecule has 0 radical (unpaired) electrons. The highest BCUT2D eigenvalue weighted by atomic mass is 79.9. The minimum Gasteiger partial charge on any atom is -0.484 e. The van der Waals surface area contributed by atoms with Gasteiger partial charge in [-0.25, -0.2) is 0 Å². The molecular weight excluding hydrogens is 344 g/mol. The lowest BCUT2D eigenvalue weighted by atomic mass is 10.1. The van der Waals surface area contributed by atoms with Crippen LogP contribution in [0.3, 0.4) is 0 Å². The van der Waals surface area contributed by atoms with E-state index in [1.807, 2.05) is 42.5 Å². The summed E-state index contributed by atoms with van der Waals surface area (Å²) in [5.74, 6) is 1.74. The normalized spacial score (nSPS) is 10.7. The average molecular weight is 359 g/mol. The van der Waals surface area contributed by atoms with Crippen LogP contribution < -0.4 is 4.74 Å². The quantitative estimate of drug-likeness (QED) is 0.678. The lowest BCUT2D eigenvalue weighted by Gasteiger charge is -2.05. The number of hydrogen-bond donors (Lipinski definition) is 0. The molecule has 0 aliphatic rings. The monoisotopic (exact) mass is 358 g/mol. The molecule has 0 unspecified atom stereocenters. The third kappa shape index (κ3) is 3.36. The second-order valence-corrected chi connectivity index (χ2v) is 5.96. The lowest BCUT2D eigenvalue weighted by Crippen LogP contribution is -1.96. The third-order valence-electron chi connectivity index (χ3n) is 3.40. The van der Waals surface area contributed by atoms with E-state index in [1.165, 1.54) is 11.1 Å². The van der Waals surface area contributed by atoms with Gasteiger partial charge in [0.1, 0.15) is 5.75 Å². The summed E-state index contributed by atoms with van der Waals surface area (Å²) in [5.41, 5.74) is 3.31. The van der Waals surface area contributed by atoms with Gasteiger partial charge in [-0.15, -0.1) is 10.2 Å². The Morgan fingerprint density at radius 1 is 1.00 bits per heavy atom. The van der Waals surface area contributed by atoms with Crippen LogP contribution in [0.5, 0.6) is 5.75 Å². The van der Waals surface area contributed by atoms with Crippen molar-refractivity contribution in [1.29, 1.82) is 0 Å². The van der Waals surface area contributed by atoms with E-state index in [1.54, 1.807) is 0 Å². The molecule has 0 fully saturated rings. The summed E-state index contributed by atoms with van der Waals surface area (Å²) < 4.78 is 12.3. The fourth-order valence-corrected chi connectivity index (χ4v) is 2.23. The number of aromatic nitrogens is 2. The van der Waals surface area contributed by atoms with Crippen LogP contribution in [0.15, 0.2) is 51.4 Å². The van der Waals surface area contributed by atoms with Gasteiger partial charge in [-0.05, 0) is 61.4 Å². The first-order chi connectivity index (χ1) is 10.6. The third-order valence-corrected chi connectivity index (χ3v) is 3.93. The Kier molecular flexibility index (Phi) is 4.24. The van der Waals surface area contributed by atoms with Crippen molar-refractivity contribution in [2.45, 2.75) is 20.5 Å². The summed E-state index contributed by atoms with van der Waals surface area (Å²) >= 11 is 3.40. The van der Waals surface area contributed by atoms with Crippen molar-refractivity contribution >= 4 is 15.9 Å². The highest BCUT2D eigenvalue weighted by Gasteiger charge is 2.09. The number of nitrogens with zero attached hydrogens (tertiary/aromatic N) is 2. The van der Waals surface area contributed by atoms with Crippen molar-refractivity contribution in [2.75, 3.05) is 0 Å². The molecule has 0 bridgehead atoms. The Hall–Kier alpha value is -2.14. The van der Waals surface area contributed by atoms with Gasteiger partial charge in [-0.1, -0.05) is 22.0 Å². The largest absolute Gasteiger partial charge is 0.484 e. The van der Waals surface area contributed by atoms with Crippen molar-refractivity contribution < 1.29 is 9.15 Å². The van der Waals surface area contributed by atoms with Gasteiger partial charge in [0.25, 0.3) is 5.89 Å². The molecule has 1 heterocycles. The Bertz CT molecular complexity index is 782. The minimum absolute atomic E-state index is 0.256. The van der Waals surface area contributed by atoms with E-state index in [0.717, 1.165) is 15.8 Å². The number of halogens is 1. The van der Waals surface area contributed by atoms with Gasteiger partial charge in [-0.3, -0.25) is 0 Å².